The zero-order chi connectivity index (χ0) is 18.9. The molecule has 0 bridgehead atoms. The molecule has 1 rings (SSSR count). The lowest BCUT2D eigenvalue weighted by Gasteiger charge is -2.10. The van der Waals surface area contributed by atoms with Gasteiger partial charge in [-0.1, -0.05) is 19.1 Å². The van der Waals surface area contributed by atoms with Crippen molar-refractivity contribution in [1.29, 1.82) is 0 Å². The molecule has 140 valence electrons. The van der Waals surface area contributed by atoms with E-state index in [-0.39, 0.29) is 42.6 Å². The minimum atomic E-state index is -3.65. The number of carbonyl (C=O) groups is 2. The third-order valence-electron chi connectivity index (χ3n) is 3.52. The highest BCUT2D eigenvalue weighted by atomic mass is 32.2. The summed E-state index contributed by atoms with van der Waals surface area (Å²) in [7, 11) is -3.65. The molecule has 0 spiro atoms. The number of carbonyl (C=O) groups excluding carboxylic acids is 2. The van der Waals surface area contributed by atoms with Gasteiger partial charge in [0.1, 0.15) is 0 Å². The molecule has 0 unspecified atom stereocenters. The molecule has 0 saturated carbocycles. The van der Waals surface area contributed by atoms with Crippen molar-refractivity contribution in [3.05, 3.63) is 29.3 Å². The third kappa shape index (κ3) is 7.66. The molecule has 3 N–H and O–H groups in total. The molecule has 0 aliphatic carbocycles. The van der Waals surface area contributed by atoms with Gasteiger partial charge < -0.3 is 10.6 Å². The normalized spacial score (nSPS) is 11.2. The quantitative estimate of drug-likeness (QED) is 0.572. The molecule has 0 fully saturated rings. The first-order valence-corrected chi connectivity index (χ1v) is 9.85. The lowest BCUT2D eigenvalue weighted by Crippen LogP contribution is -2.33. The van der Waals surface area contributed by atoms with Crippen molar-refractivity contribution < 1.29 is 18.0 Å². The molecule has 0 aliphatic heterocycles. The van der Waals surface area contributed by atoms with E-state index in [0.29, 0.717) is 12.1 Å². The lowest BCUT2D eigenvalue weighted by molar-refractivity contribution is -0.122. The van der Waals surface area contributed by atoms with Crippen LogP contribution in [0.5, 0.6) is 0 Å². The van der Waals surface area contributed by atoms with Crippen molar-refractivity contribution in [2.24, 2.45) is 0 Å². The van der Waals surface area contributed by atoms with E-state index < -0.39 is 10.0 Å². The van der Waals surface area contributed by atoms with Gasteiger partial charge >= 0.3 is 0 Å². The van der Waals surface area contributed by atoms with E-state index in [1.807, 2.05) is 19.9 Å². The number of nitrogens with one attached hydrogen (secondary N) is 3. The molecule has 0 aliphatic rings. The number of sulfonamides is 1. The predicted octanol–water partition coefficient (Wildman–Crippen LogP) is 1.00. The fourth-order valence-electron chi connectivity index (χ4n) is 2.13. The van der Waals surface area contributed by atoms with E-state index in [9.17, 15) is 18.0 Å². The van der Waals surface area contributed by atoms with E-state index in [0.717, 1.165) is 12.0 Å². The maximum absolute atomic E-state index is 12.3. The molecule has 25 heavy (non-hydrogen) atoms. The standard InChI is InChI=1S/C17H27N3O4S/c1-4-9-18-16(21)7-10-19-17(22)8-11-20-25(23,24)15-12-13(2)5-6-14(15)3/h5-6,12,20H,4,7-11H2,1-3H3,(H,18,21)(H,19,22). The third-order valence-corrected chi connectivity index (χ3v) is 5.13. The highest BCUT2D eigenvalue weighted by molar-refractivity contribution is 7.89. The minimum Gasteiger partial charge on any atom is -0.356 e. The molecule has 0 radical (unpaired) electrons. The molecule has 8 heteroatoms. The first-order valence-electron chi connectivity index (χ1n) is 8.36. The van der Waals surface area contributed by atoms with Crippen molar-refractivity contribution in [3.8, 4) is 0 Å². The Labute approximate surface area is 149 Å². The number of hydrogen-bond acceptors (Lipinski definition) is 4. The van der Waals surface area contributed by atoms with Crippen LogP contribution < -0.4 is 15.4 Å². The molecule has 2 amide bonds. The van der Waals surface area contributed by atoms with Crippen molar-refractivity contribution in [2.45, 2.75) is 44.9 Å². The second-order valence-corrected chi connectivity index (χ2v) is 7.60. The summed E-state index contributed by atoms with van der Waals surface area (Å²) in [4.78, 5) is 23.3. The smallest absolute Gasteiger partial charge is 0.240 e. The second kappa shape index (κ2) is 10.1. The molecule has 1 aromatic rings. The van der Waals surface area contributed by atoms with E-state index >= 15 is 0 Å². The van der Waals surface area contributed by atoms with Gasteiger partial charge in [-0.25, -0.2) is 13.1 Å². The van der Waals surface area contributed by atoms with Gasteiger partial charge in [0.25, 0.3) is 0 Å². The average molecular weight is 369 g/mol. The largest absolute Gasteiger partial charge is 0.356 e. The zero-order valence-electron chi connectivity index (χ0n) is 15.0. The molecule has 1 aromatic carbocycles. The summed E-state index contributed by atoms with van der Waals surface area (Å²) < 4.78 is 27.0. The fraction of sp³-hybridized carbons (Fsp3) is 0.529. The summed E-state index contributed by atoms with van der Waals surface area (Å²) >= 11 is 0. The maximum atomic E-state index is 12.3. The Morgan fingerprint density at radius 2 is 1.56 bits per heavy atom. The first kappa shape index (κ1) is 21.1. The highest BCUT2D eigenvalue weighted by Crippen LogP contribution is 2.16. The molecule has 0 saturated heterocycles. The summed E-state index contributed by atoms with van der Waals surface area (Å²) in [5, 5.41) is 5.32. The van der Waals surface area contributed by atoms with Crippen LogP contribution in [0.1, 0.15) is 37.3 Å². The van der Waals surface area contributed by atoms with Gasteiger partial charge in [-0.3, -0.25) is 9.59 Å². The van der Waals surface area contributed by atoms with Crippen molar-refractivity contribution >= 4 is 21.8 Å². The highest BCUT2D eigenvalue weighted by Gasteiger charge is 2.17. The number of amides is 2. The Bertz CT molecular complexity index is 702. The van der Waals surface area contributed by atoms with Gasteiger partial charge in [-0.2, -0.15) is 0 Å². The summed E-state index contributed by atoms with van der Waals surface area (Å²) in [6.07, 6.45) is 1.08. The summed E-state index contributed by atoms with van der Waals surface area (Å²) in [6.45, 7) is 6.36. The van der Waals surface area contributed by atoms with Gasteiger partial charge in [0.15, 0.2) is 0 Å². The summed E-state index contributed by atoms with van der Waals surface area (Å²) in [5.41, 5.74) is 1.51. The van der Waals surface area contributed by atoms with Crippen molar-refractivity contribution in [1.82, 2.24) is 15.4 Å². The number of rotatable bonds is 10. The molecule has 7 nitrogen and oxygen atoms in total. The van der Waals surface area contributed by atoms with Gasteiger partial charge in [0, 0.05) is 32.5 Å². The van der Waals surface area contributed by atoms with Gasteiger partial charge in [-0.15, -0.1) is 0 Å². The van der Waals surface area contributed by atoms with E-state index in [2.05, 4.69) is 15.4 Å². The van der Waals surface area contributed by atoms with E-state index in [4.69, 9.17) is 0 Å². The molecule has 0 aromatic heterocycles. The van der Waals surface area contributed by atoms with Crippen LogP contribution in [-0.2, 0) is 19.6 Å². The average Bonchev–Trinajstić information content (AvgIpc) is 2.54. The zero-order valence-corrected chi connectivity index (χ0v) is 15.8. The van der Waals surface area contributed by atoms with Gasteiger partial charge in [0.2, 0.25) is 21.8 Å². The monoisotopic (exact) mass is 369 g/mol. The Morgan fingerprint density at radius 1 is 0.960 bits per heavy atom. The Balaban J connectivity index is 2.37. The maximum Gasteiger partial charge on any atom is 0.240 e. The van der Waals surface area contributed by atoms with Crippen LogP contribution in [0.15, 0.2) is 23.1 Å². The number of hydrogen-bond donors (Lipinski definition) is 3. The second-order valence-electron chi connectivity index (χ2n) is 5.87. The van der Waals surface area contributed by atoms with Crippen LogP contribution in [0.3, 0.4) is 0 Å². The fourth-order valence-corrected chi connectivity index (χ4v) is 3.49. The van der Waals surface area contributed by atoms with Crippen LogP contribution in [-0.4, -0.2) is 39.9 Å². The number of benzene rings is 1. The van der Waals surface area contributed by atoms with Crippen molar-refractivity contribution in [3.63, 3.8) is 0 Å². The summed E-state index contributed by atoms with van der Waals surface area (Å²) in [6, 6.07) is 5.20. The Kier molecular flexibility index (Phi) is 8.57. The van der Waals surface area contributed by atoms with Crippen LogP contribution in [0, 0.1) is 13.8 Å². The number of aryl methyl sites for hydroxylation is 2. The summed E-state index contributed by atoms with van der Waals surface area (Å²) in [5.74, 6) is -0.412. The van der Waals surface area contributed by atoms with Crippen LogP contribution >= 0.6 is 0 Å². The molecular formula is C17H27N3O4S. The minimum absolute atomic E-state index is 0.00355. The van der Waals surface area contributed by atoms with E-state index in [1.165, 1.54) is 0 Å². The molecule has 0 heterocycles. The van der Waals surface area contributed by atoms with Crippen LogP contribution in [0.4, 0.5) is 0 Å². The van der Waals surface area contributed by atoms with Crippen molar-refractivity contribution in [2.75, 3.05) is 19.6 Å². The first-order chi connectivity index (χ1) is 11.8. The predicted molar refractivity (Wildman–Crippen MR) is 96.6 cm³/mol. The van der Waals surface area contributed by atoms with Crippen LogP contribution in [0.25, 0.3) is 0 Å². The van der Waals surface area contributed by atoms with E-state index in [1.54, 1.807) is 19.1 Å². The molecule has 0 atom stereocenters. The van der Waals surface area contributed by atoms with Crippen LogP contribution in [0.2, 0.25) is 0 Å². The Hall–Kier alpha value is -1.93. The molecular weight excluding hydrogens is 342 g/mol. The SMILES string of the molecule is CCCNC(=O)CCNC(=O)CCNS(=O)(=O)c1cc(C)ccc1C. The topological polar surface area (TPSA) is 104 Å². The van der Waals surface area contributed by atoms with Gasteiger partial charge in [-0.05, 0) is 37.5 Å². The Morgan fingerprint density at radius 3 is 2.20 bits per heavy atom. The van der Waals surface area contributed by atoms with Gasteiger partial charge in [0.05, 0.1) is 4.90 Å². The lowest BCUT2D eigenvalue weighted by atomic mass is 10.2.